The number of piperidine rings is 1. The van der Waals surface area contributed by atoms with Crippen LogP contribution < -0.4 is 10.3 Å². The molecule has 2 aliphatic heterocycles. The summed E-state index contributed by atoms with van der Waals surface area (Å²) in [6, 6.07) is 11.6. The molecule has 2 atom stereocenters. The third kappa shape index (κ3) is 3.11. The molecule has 2 aromatic rings. The summed E-state index contributed by atoms with van der Waals surface area (Å²) in [6.45, 7) is 3.30. The van der Waals surface area contributed by atoms with Crippen molar-refractivity contribution < 1.29 is 13.2 Å². The third-order valence-electron chi connectivity index (χ3n) is 5.44. The van der Waals surface area contributed by atoms with Gasteiger partial charge in [-0.15, -0.1) is 0 Å². The molecule has 0 saturated carbocycles. The van der Waals surface area contributed by atoms with Crippen molar-refractivity contribution in [2.45, 2.75) is 30.7 Å². The van der Waals surface area contributed by atoms with E-state index < -0.39 is 10.0 Å². The maximum Gasteiger partial charge on any atom is 0.250 e. The molecule has 0 N–H and O–H groups in total. The Balaban J connectivity index is 1.73. The predicted octanol–water partition coefficient (Wildman–Crippen LogP) is 1.93. The van der Waals surface area contributed by atoms with Gasteiger partial charge < -0.3 is 9.30 Å². The number of fused-ring (bicyclic) bond motifs is 4. The molecule has 0 amide bonds. The first-order valence-corrected chi connectivity index (χ1v) is 10.7. The standard InChI is InChI=1S/C20H21N3O4S/c1-2-27-18-7-6-14(10-21)9-19(18)28(25,26)22-11-15-8-16(13-22)17-4-3-5-20(24)23(17)12-15/h3-7,9,15-16H,2,8,11-13H2,1H3. The lowest BCUT2D eigenvalue weighted by molar-refractivity contribution is 0.186. The van der Waals surface area contributed by atoms with Gasteiger partial charge in [0.25, 0.3) is 5.56 Å². The topological polar surface area (TPSA) is 92.4 Å². The average Bonchev–Trinajstić information content (AvgIpc) is 2.69. The van der Waals surface area contributed by atoms with Gasteiger partial charge in [-0.1, -0.05) is 6.07 Å². The van der Waals surface area contributed by atoms with Gasteiger partial charge in [-0.25, -0.2) is 8.42 Å². The van der Waals surface area contributed by atoms with Crippen LogP contribution >= 0.6 is 0 Å². The summed E-state index contributed by atoms with van der Waals surface area (Å²) in [7, 11) is -3.83. The van der Waals surface area contributed by atoms with E-state index in [-0.39, 0.29) is 33.6 Å². The van der Waals surface area contributed by atoms with Crippen LogP contribution in [0.3, 0.4) is 0 Å². The fourth-order valence-corrected chi connectivity index (χ4v) is 5.96. The molecule has 0 radical (unpaired) electrons. The normalized spacial score (nSPS) is 21.6. The molecule has 3 heterocycles. The fraction of sp³-hybridized carbons (Fsp3) is 0.400. The van der Waals surface area contributed by atoms with Crippen LogP contribution in [0, 0.1) is 17.2 Å². The van der Waals surface area contributed by atoms with Crippen LogP contribution in [-0.2, 0) is 16.6 Å². The lowest BCUT2D eigenvalue weighted by Gasteiger charge is -2.42. The van der Waals surface area contributed by atoms with E-state index in [2.05, 4.69) is 0 Å². The summed E-state index contributed by atoms with van der Waals surface area (Å²) in [5.74, 6) is 0.315. The summed E-state index contributed by atoms with van der Waals surface area (Å²) >= 11 is 0. The van der Waals surface area contributed by atoms with Crippen molar-refractivity contribution in [3.8, 4) is 11.8 Å². The number of rotatable bonds is 4. The van der Waals surface area contributed by atoms with Gasteiger partial charge in [0.2, 0.25) is 10.0 Å². The molecule has 0 aliphatic carbocycles. The molecule has 28 heavy (non-hydrogen) atoms. The van der Waals surface area contributed by atoms with E-state index in [0.717, 1.165) is 12.1 Å². The molecular weight excluding hydrogens is 378 g/mol. The number of hydrogen-bond acceptors (Lipinski definition) is 5. The highest BCUT2D eigenvalue weighted by Gasteiger charge is 2.40. The van der Waals surface area contributed by atoms with Crippen molar-refractivity contribution in [3.63, 3.8) is 0 Å². The molecule has 1 saturated heterocycles. The maximum absolute atomic E-state index is 13.4. The van der Waals surface area contributed by atoms with E-state index in [1.54, 1.807) is 29.7 Å². The van der Waals surface area contributed by atoms with Crippen molar-refractivity contribution >= 4 is 10.0 Å². The van der Waals surface area contributed by atoms with Crippen LogP contribution in [0.5, 0.6) is 5.75 Å². The van der Waals surface area contributed by atoms with Gasteiger partial charge >= 0.3 is 0 Å². The SMILES string of the molecule is CCOc1ccc(C#N)cc1S(=O)(=O)N1CC2CC(C1)c1cccc(=O)n1C2. The quantitative estimate of drug-likeness (QED) is 0.783. The smallest absolute Gasteiger partial charge is 0.250 e. The average molecular weight is 399 g/mol. The summed E-state index contributed by atoms with van der Waals surface area (Å²) in [4.78, 5) is 12.2. The van der Waals surface area contributed by atoms with Crippen LogP contribution in [0.1, 0.15) is 30.5 Å². The Hall–Kier alpha value is -2.63. The van der Waals surface area contributed by atoms with Gasteiger partial charge in [0.05, 0.1) is 18.2 Å². The van der Waals surface area contributed by atoms with Gasteiger partial charge in [0, 0.05) is 37.3 Å². The first-order chi connectivity index (χ1) is 13.4. The minimum Gasteiger partial charge on any atom is -0.492 e. The molecular formula is C20H21N3O4S. The molecule has 2 bridgehead atoms. The van der Waals surface area contributed by atoms with Crippen LogP contribution in [0.4, 0.5) is 0 Å². The number of benzene rings is 1. The van der Waals surface area contributed by atoms with E-state index in [1.165, 1.54) is 16.4 Å². The Morgan fingerprint density at radius 3 is 2.79 bits per heavy atom. The number of hydrogen-bond donors (Lipinski definition) is 0. The van der Waals surface area contributed by atoms with Gasteiger partial charge in [0.15, 0.2) is 0 Å². The second kappa shape index (κ2) is 7.08. The molecule has 4 rings (SSSR count). The number of sulfonamides is 1. The molecule has 2 unspecified atom stereocenters. The summed E-state index contributed by atoms with van der Waals surface area (Å²) < 4.78 is 35.6. The lowest BCUT2D eigenvalue weighted by Crippen LogP contribution is -2.49. The van der Waals surface area contributed by atoms with Gasteiger partial charge in [-0.3, -0.25) is 4.79 Å². The predicted molar refractivity (Wildman–Crippen MR) is 103 cm³/mol. The van der Waals surface area contributed by atoms with Crippen LogP contribution in [-0.4, -0.2) is 37.0 Å². The van der Waals surface area contributed by atoms with E-state index in [1.807, 2.05) is 12.1 Å². The van der Waals surface area contributed by atoms with Gasteiger partial charge in [-0.05, 0) is 43.5 Å². The number of aromatic nitrogens is 1. The Labute approximate surface area is 163 Å². The minimum absolute atomic E-state index is 0.0223. The largest absolute Gasteiger partial charge is 0.492 e. The fourth-order valence-electron chi connectivity index (χ4n) is 4.24. The molecule has 8 heteroatoms. The molecule has 1 fully saturated rings. The number of nitriles is 1. The van der Waals surface area contributed by atoms with E-state index >= 15 is 0 Å². The van der Waals surface area contributed by atoms with Crippen LogP contribution in [0.2, 0.25) is 0 Å². The lowest BCUT2D eigenvalue weighted by atomic mass is 9.84. The Morgan fingerprint density at radius 1 is 1.21 bits per heavy atom. The Kier molecular flexibility index (Phi) is 4.73. The zero-order valence-corrected chi connectivity index (χ0v) is 16.4. The second-order valence-electron chi connectivity index (χ2n) is 7.23. The maximum atomic E-state index is 13.4. The minimum atomic E-state index is -3.83. The highest BCUT2D eigenvalue weighted by molar-refractivity contribution is 7.89. The highest BCUT2D eigenvalue weighted by Crippen LogP contribution is 2.38. The van der Waals surface area contributed by atoms with E-state index in [9.17, 15) is 18.5 Å². The van der Waals surface area contributed by atoms with Crippen molar-refractivity contribution in [3.05, 3.63) is 58.0 Å². The zero-order valence-electron chi connectivity index (χ0n) is 15.5. The summed E-state index contributed by atoms with van der Waals surface area (Å²) in [5.41, 5.74) is 1.12. The first-order valence-electron chi connectivity index (χ1n) is 9.31. The monoisotopic (exact) mass is 399 g/mol. The van der Waals surface area contributed by atoms with Crippen molar-refractivity contribution in [2.24, 2.45) is 5.92 Å². The molecule has 1 aromatic carbocycles. The molecule has 146 valence electrons. The number of nitrogens with zero attached hydrogens (tertiary/aromatic N) is 3. The van der Waals surface area contributed by atoms with Gasteiger partial charge in [-0.2, -0.15) is 9.57 Å². The molecule has 1 aromatic heterocycles. The summed E-state index contributed by atoms with van der Waals surface area (Å²) in [6.07, 6.45) is 0.867. The zero-order chi connectivity index (χ0) is 19.9. The van der Waals surface area contributed by atoms with Crippen LogP contribution in [0.15, 0.2) is 46.1 Å². The van der Waals surface area contributed by atoms with Crippen molar-refractivity contribution in [1.29, 1.82) is 5.26 Å². The van der Waals surface area contributed by atoms with Crippen molar-refractivity contribution in [1.82, 2.24) is 8.87 Å². The number of ether oxygens (including phenoxy) is 1. The van der Waals surface area contributed by atoms with Crippen molar-refractivity contribution in [2.75, 3.05) is 19.7 Å². The Bertz CT molecular complexity index is 1120. The first kappa shape index (κ1) is 18.7. The highest BCUT2D eigenvalue weighted by atomic mass is 32.2. The van der Waals surface area contributed by atoms with E-state index in [4.69, 9.17) is 4.74 Å². The second-order valence-corrected chi connectivity index (χ2v) is 9.13. The van der Waals surface area contributed by atoms with E-state index in [0.29, 0.717) is 26.2 Å². The third-order valence-corrected chi connectivity index (χ3v) is 7.29. The molecule has 7 nitrogen and oxygen atoms in total. The molecule has 2 aliphatic rings. The van der Waals surface area contributed by atoms with Gasteiger partial charge in [0.1, 0.15) is 10.6 Å². The summed E-state index contributed by atoms with van der Waals surface area (Å²) in [5, 5.41) is 9.19. The molecule has 0 spiro atoms. The van der Waals surface area contributed by atoms with Crippen LogP contribution in [0.25, 0.3) is 0 Å². The number of pyridine rings is 1. The Morgan fingerprint density at radius 2 is 2.04 bits per heavy atom.